The van der Waals surface area contributed by atoms with Crippen LogP contribution in [0.2, 0.25) is 0 Å². The zero-order valence-corrected chi connectivity index (χ0v) is 15.2. The van der Waals surface area contributed by atoms with Crippen LogP contribution in [0.15, 0.2) is 36.7 Å². The highest BCUT2D eigenvalue weighted by Gasteiger charge is 2.38. The number of piperidine rings is 3. The zero-order valence-electron chi connectivity index (χ0n) is 15.2. The van der Waals surface area contributed by atoms with Crippen molar-refractivity contribution in [2.45, 2.75) is 18.9 Å². The summed E-state index contributed by atoms with van der Waals surface area (Å²) < 4.78 is 0. The quantitative estimate of drug-likeness (QED) is 0.841. The van der Waals surface area contributed by atoms with Gasteiger partial charge in [0.15, 0.2) is 0 Å². The lowest BCUT2D eigenvalue weighted by atomic mass is 9.83. The fraction of sp³-hybridized carbons (Fsp3) is 0.550. The number of anilines is 1. The lowest BCUT2D eigenvalue weighted by Gasteiger charge is -2.51. The lowest BCUT2D eigenvalue weighted by molar-refractivity contribution is 0.00301. The van der Waals surface area contributed by atoms with Crippen molar-refractivity contribution in [2.75, 3.05) is 50.7 Å². The predicted octanol–water partition coefficient (Wildman–Crippen LogP) is 1.75. The van der Waals surface area contributed by atoms with Gasteiger partial charge < -0.3 is 9.80 Å². The van der Waals surface area contributed by atoms with E-state index in [1.165, 1.54) is 32.5 Å². The van der Waals surface area contributed by atoms with Crippen LogP contribution < -0.4 is 4.90 Å². The number of piperazine rings is 1. The molecule has 2 aromatic rings. The molecule has 0 spiro atoms. The molecule has 2 aromatic heterocycles. The first-order chi connectivity index (χ1) is 12.9. The molecule has 0 aliphatic carbocycles. The molecule has 0 saturated carbocycles. The molecule has 0 aromatic carbocycles. The number of aromatic nitrogens is 3. The second kappa shape index (κ2) is 6.93. The van der Waals surface area contributed by atoms with E-state index in [9.17, 15) is 0 Å². The minimum absolute atomic E-state index is 0.764. The van der Waals surface area contributed by atoms with Gasteiger partial charge in [-0.1, -0.05) is 6.07 Å². The Bertz CT molecular complexity index is 735. The Hall–Kier alpha value is -2.05. The molecule has 6 heterocycles. The van der Waals surface area contributed by atoms with Gasteiger partial charge in [-0.3, -0.25) is 9.88 Å². The van der Waals surface area contributed by atoms with Crippen LogP contribution in [-0.4, -0.2) is 76.6 Å². The molecule has 0 amide bonds. The Balaban J connectivity index is 1.26. The maximum absolute atomic E-state index is 4.77. The summed E-state index contributed by atoms with van der Waals surface area (Å²) in [7, 11) is 0. The largest absolute Gasteiger partial charge is 0.338 e. The third kappa shape index (κ3) is 3.08. The van der Waals surface area contributed by atoms with Crippen molar-refractivity contribution in [3.05, 3.63) is 36.7 Å². The van der Waals surface area contributed by atoms with Gasteiger partial charge in [0.25, 0.3) is 0 Å². The minimum atomic E-state index is 0.764. The van der Waals surface area contributed by atoms with Gasteiger partial charge in [0.1, 0.15) is 0 Å². The molecule has 2 bridgehead atoms. The van der Waals surface area contributed by atoms with Gasteiger partial charge in [0, 0.05) is 51.2 Å². The predicted molar refractivity (Wildman–Crippen MR) is 102 cm³/mol. The smallest absolute Gasteiger partial charge is 0.225 e. The Morgan fingerprint density at radius 2 is 1.65 bits per heavy atom. The van der Waals surface area contributed by atoms with Crippen molar-refractivity contribution in [1.82, 2.24) is 24.8 Å². The number of hydrogen-bond acceptors (Lipinski definition) is 6. The number of rotatable bonds is 3. The third-order valence-electron chi connectivity index (χ3n) is 6.26. The second-order valence-electron chi connectivity index (χ2n) is 7.69. The molecule has 6 nitrogen and oxygen atoms in total. The summed E-state index contributed by atoms with van der Waals surface area (Å²) in [5.74, 6) is 1.75. The fourth-order valence-corrected chi connectivity index (χ4v) is 4.76. The van der Waals surface area contributed by atoms with E-state index in [0.717, 1.165) is 55.5 Å². The topological polar surface area (TPSA) is 48.4 Å². The molecular formula is C20H26N6. The van der Waals surface area contributed by atoms with Gasteiger partial charge >= 0.3 is 0 Å². The van der Waals surface area contributed by atoms with E-state index in [-0.39, 0.29) is 0 Å². The highest BCUT2D eigenvalue weighted by molar-refractivity contribution is 5.55. The Morgan fingerprint density at radius 1 is 0.808 bits per heavy atom. The van der Waals surface area contributed by atoms with E-state index in [1.807, 2.05) is 36.7 Å². The third-order valence-corrected chi connectivity index (χ3v) is 6.26. The van der Waals surface area contributed by atoms with Crippen molar-refractivity contribution >= 4 is 5.95 Å². The summed E-state index contributed by atoms with van der Waals surface area (Å²) in [4.78, 5) is 21.4. The van der Waals surface area contributed by atoms with Crippen molar-refractivity contribution in [3.63, 3.8) is 0 Å². The van der Waals surface area contributed by atoms with Crippen LogP contribution in [0.4, 0.5) is 5.95 Å². The van der Waals surface area contributed by atoms with Gasteiger partial charge in [-0.25, -0.2) is 9.97 Å². The van der Waals surface area contributed by atoms with Crippen LogP contribution >= 0.6 is 0 Å². The van der Waals surface area contributed by atoms with Crippen LogP contribution in [0.5, 0.6) is 0 Å². The number of pyridine rings is 1. The Labute approximate surface area is 154 Å². The molecule has 4 aliphatic heterocycles. The maximum Gasteiger partial charge on any atom is 0.225 e. The molecule has 4 aliphatic rings. The average molecular weight is 350 g/mol. The normalized spacial score (nSPS) is 29.1. The van der Waals surface area contributed by atoms with Crippen LogP contribution in [0.1, 0.15) is 12.8 Å². The van der Waals surface area contributed by atoms with Crippen LogP contribution in [0.25, 0.3) is 11.4 Å². The molecule has 0 radical (unpaired) electrons. The van der Waals surface area contributed by atoms with Gasteiger partial charge in [-0.2, -0.15) is 0 Å². The highest BCUT2D eigenvalue weighted by Crippen LogP contribution is 2.31. The van der Waals surface area contributed by atoms with Crippen molar-refractivity contribution in [3.8, 4) is 11.4 Å². The summed E-state index contributed by atoms with van der Waals surface area (Å²) in [5, 5.41) is 0. The summed E-state index contributed by atoms with van der Waals surface area (Å²) in [6, 6.07) is 8.63. The van der Waals surface area contributed by atoms with Crippen molar-refractivity contribution in [1.29, 1.82) is 0 Å². The first-order valence-corrected chi connectivity index (χ1v) is 9.82. The SMILES string of the molecule is c1ccc(-c2ccnc(N3CCN([C@H]4CN5CCC4CC5)CC3)n2)nc1. The molecule has 0 N–H and O–H groups in total. The molecule has 1 atom stereocenters. The Morgan fingerprint density at radius 3 is 2.35 bits per heavy atom. The molecule has 4 fully saturated rings. The maximum atomic E-state index is 4.77. The van der Waals surface area contributed by atoms with E-state index in [4.69, 9.17) is 4.98 Å². The molecule has 0 unspecified atom stereocenters. The molecular weight excluding hydrogens is 324 g/mol. The first-order valence-electron chi connectivity index (χ1n) is 9.82. The lowest BCUT2D eigenvalue weighted by Crippen LogP contribution is -2.61. The van der Waals surface area contributed by atoms with E-state index >= 15 is 0 Å². The number of fused-ring (bicyclic) bond motifs is 3. The van der Waals surface area contributed by atoms with Gasteiger partial charge in [0.05, 0.1) is 11.4 Å². The summed E-state index contributed by atoms with van der Waals surface area (Å²) in [5.41, 5.74) is 1.80. The molecule has 26 heavy (non-hydrogen) atoms. The number of hydrogen-bond donors (Lipinski definition) is 0. The summed E-state index contributed by atoms with van der Waals surface area (Å²) in [6.45, 7) is 8.16. The summed E-state index contributed by atoms with van der Waals surface area (Å²) in [6.07, 6.45) is 6.44. The number of nitrogens with zero attached hydrogens (tertiary/aromatic N) is 6. The van der Waals surface area contributed by atoms with E-state index in [0.29, 0.717) is 0 Å². The molecule has 6 heteroatoms. The van der Waals surface area contributed by atoms with Gasteiger partial charge in [0.2, 0.25) is 5.95 Å². The zero-order chi connectivity index (χ0) is 17.3. The first kappa shape index (κ1) is 16.1. The van der Waals surface area contributed by atoms with Crippen LogP contribution in [0.3, 0.4) is 0 Å². The molecule has 136 valence electrons. The van der Waals surface area contributed by atoms with Crippen LogP contribution in [-0.2, 0) is 0 Å². The van der Waals surface area contributed by atoms with E-state index in [1.54, 1.807) is 0 Å². The van der Waals surface area contributed by atoms with Gasteiger partial charge in [-0.15, -0.1) is 0 Å². The Kier molecular flexibility index (Phi) is 4.30. The van der Waals surface area contributed by atoms with Crippen molar-refractivity contribution < 1.29 is 0 Å². The standard InChI is InChI=1S/C20H26N6/c1-2-7-21-17(3-1)18-4-8-22-20(23-18)26-13-11-25(12-14-26)19-15-24-9-5-16(19)6-10-24/h1-4,7-8,16,19H,5-6,9-15H2/t19-/m0/s1. The van der Waals surface area contributed by atoms with E-state index < -0.39 is 0 Å². The second-order valence-corrected chi connectivity index (χ2v) is 7.69. The van der Waals surface area contributed by atoms with Gasteiger partial charge in [-0.05, 0) is 50.0 Å². The average Bonchev–Trinajstić information content (AvgIpc) is 2.75. The summed E-state index contributed by atoms with van der Waals surface area (Å²) >= 11 is 0. The minimum Gasteiger partial charge on any atom is -0.338 e. The monoisotopic (exact) mass is 350 g/mol. The van der Waals surface area contributed by atoms with Crippen molar-refractivity contribution in [2.24, 2.45) is 5.92 Å². The highest BCUT2D eigenvalue weighted by atomic mass is 15.3. The molecule has 6 rings (SSSR count). The molecule has 4 saturated heterocycles. The fourth-order valence-electron chi connectivity index (χ4n) is 4.76. The van der Waals surface area contributed by atoms with Crippen LogP contribution in [0, 0.1) is 5.92 Å². The van der Waals surface area contributed by atoms with E-state index in [2.05, 4.69) is 24.7 Å².